The van der Waals surface area contributed by atoms with Gasteiger partial charge in [-0.1, -0.05) is 6.92 Å². The average Bonchev–Trinajstić information content (AvgIpc) is 3.18. The number of aryl methyl sites for hydroxylation is 1. The molecule has 0 radical (unpaired) electrons. The summed E-state index contributed by atoms with van der Waals surface area (Å²) in [4.78, 5) is 18.4. The van der Waals surface area contributed by atoms with Gasteiger partial charge in [0.1, 0.15) is 6.54 Å². The zero-order chi connectivity index (χ0) is 16.7. The molecule has 0 bridgehead atoms. The molecule has 1 atom stereocenters. The summed E-state index contributed by atoms with van der Waals surface area (Å²) in [6.45, 7) is 7.62. The van der Waals surface area contributed by atoms with Crippen LogP contribution < -0.4 is 10.6 Å². The smallest absolute Gasteiger partial charge is 0.241 e. The van der Waals surface area contributed by atoms with Crippen molar-refractivity contribution in [1.82, 2.24) is 25.3 Å². The first-order valence-electron chi connectivity index (χ1n) is 8.42. The number of aromatic nitrogens is 2. The maximum Gasteiger partial charge on any atom is 0.241 e. The lowest BCUT2D eigenvalue weighted by atomic mass is 10.0. The van der Waals surface area contributed by atoms with E-state index in [0.29, 0.717) is 12.5 Å². The highest BCUT2D eigenvalue weighted by Gasteiger charge is 2.26. The monoisotopic (exact) mass is 320 g/mol. The maximum atomic E-state index is 11.7. The van der Waals surface area contributed by atoms with Crippen molar-refractivity contribution in [2.24, 2.45) is 12.0 Å². The van der Waals surface area contributed by atoms with Gasteiger partial charge in [-0.15, -0.1) is 0 Å². The Morgan fingerprint density at radius 1 is 1.43 bits per heavy atom. The van der Waals surface area contributed by atoms with Crippen molar-refractivity contribution in [2.75, 3.05) is 32.7 Å². The Morgan fingerprint density at radius 3 is 2.91 bits per heavy atom. The molecule has 0 spiro atoms. The summed E-state index contributed by atoms with van der Waals surface area (Å²) < 4.78 is 1.84. The second-order valence-electron chi connectivity index (χ2n) is 5.90. The van der Waals surface area contributed by atoms with Gasteiger partial charge in [0, 0.05) is 45.3 Å². The van der Waals surface area contributed by atoms with Crippen LogP contribution in [0, 0.1) is 0 Å². The third-order valence-corrected chi connectivity index (χ3v) is 3.96. The van der Waals surface area contributed by atoms with E-state index in [4.69, 9.17) is 0 Å². The van der Waals surface area contributed by atoms with Crippen LogP contribution in [0.2, 0.25) is 0 Å². The fraction of sp³-hybridized carbons (Fsp3) is 0.688. The predicted molar refractivity (Wildman–Crippen MR) is 91.4 cm³/mol. The lowest BCUT2D eigenvalue weighted by molar-refractivity contribution is -0.119. The molecule has 7 nitrogen and oxygen atoms in total. The summed E-state index contributed by atoms with van der Waals surface area (Å²) in [7, 11) is 1.94. The van der Waals surface area contributed by atoms with Crippen molar-refractivity contribution in [3.63, 3.8) is 0 Å². The standard InChI is InChI=1S/C16H28N6O/c1-4-7-18-15(23)10-19-16(17-5-2)22-8-6-13(12-22)14-9-20-21(3)11-14/h9,11,13H,4-8,10,12H2,1-3H3,(H,17,19)(H,18,23). The van der Waals surface area contributed by atoms with Crippen LogP contribution in [0.4, 0.5) is 0 Å². The molecule has 0 aromatic carbocycles. The molecule has 1 aromatic heterocycles. The molecule has 1 amide bonds. The molecule has 1 aliphatic heterocycles. The Bertz CT molecular complexity index is 538. The summed E-state index contributed by atoms with van der Waals surface area (Å²) in [6, 6.07) is 0. The summed E-state index contributed by atoms with van der Waals surface area (Å²) in [6.07, 6.45) is 6.04. The van der Waals surface area contributed by atoms with Crippen molar-refractivity contribution >= 4 is 11.9 Å². The van der Waals surface area contributed by atoms with Crippen molar-refractivity contribution in [3.8, 4) is 0 Å². The van der Waals surface area contributed by atoms with Crippen LogP contribution in [0.25, 0.3) is 0 Å². The molecule has 2 rings (SSSR count). The molecule has 1 aromatic rings. The number of nitrogens with zero attached hydrogens (tertiary/aromatic N) is 4. The van der Waals surface area contributed by atoms with Crippen molar-refractivity contribution in [1.29, 1.82) is 0 Å². The predicted octanol–water partition coefficient (Wildman–Crippen LogP) is 0.701. The van der Waals surface area contributed by atoms with Gasteiger partial charge in [0.25, 0.3) is 0 Å². The van der Waals surface area contributed by atoms with Crippen LogP contribution in [-0.4, -0.2) is 59.3 Å². The second-order valence-corrected chi connectivity index (χ2v) is 5.90. The first-order chi connectivity index (χ1) is 11.1. The maximum absolute atomic E-state index is 11.7. The third kappa shape index (κ3) is 4.97. The molecular formula is C16H28N6O. The fourth-order valence-electron chi connectivity index (χ4n) is 2.77. The van der Waals surface area contributed by atoms with Crippen LogP contribution in [0.15, 0.2) is 17.4 Å². The molecular weight excluding hydrogens is 292 g/mol. The number of amides is 1. The van der Waals surface area contributed by atoms with Gasteiger partial charge in [-0.2, -0.15) is 5.10 Å². The molecule has 23 heavy (non-hydrogen) atoms. The number of rotatable bonds is 6. The number of hydrogen-bond acceptors (Lipinski definition) is 3. The van der Waals surface area contributed by atoms with E-state index in [-0.39, 0.29) is 12.5 Å². The van der Waals surface area contributed by atoms with Gasteiger partial charge in [-0.3, -0.25) is 9.48 Å². The van der Waals surface area contributed by atoms with Crippen LogP contribution in [-0.2, 0) is 11.8 Å². The Labute approximate surface area is 138 Å². The number of hydrogen-bond donors (Lipinski definition) is 2. The van der Waals surface area contributed by atoms with Gasteiger partial charge in [0.05, 0.1) is 6.20 Å². The van der Waals surface area contributed by atoms with Gasteiger partial charge in [-0.05, 0) is 25.3 Å². The van der Waals surface area contributed by atoms with Crippen molar-refractivity contribution in [2.45, 2.75) is 32.6 Å². The molecule has 1 unspecified atom stereocenters. The summed E-state index contributed by atoms with van der Waals surface area (Å²) >= 11 is 0. The number of carbonyl (C=O) groups excluding carboxylic acids is 1. The average molecular weight is 320 g/mol. The lowest BCUT2D eigenvalue weighted by Gasteiger charge is -2.21. The number of likely N-dealkylation sites (tertiary alicyclic amines) is 1. The molecule has 1 aliphatic rings. The van der Waals surface area contributed by atoms with Crippen molar-refractivity contribution < 1.29 is 4.79 Å². The normalized spacial score (nSPS) is 18.3. The molecule has 128 valence electrons. The highest BCUT2D eigenvalue weighted by Crippen LogP contribution is 2.26. The Kier molecular flexibility index (Phi) is 6.43. The zero-order valence-electron chi connectivity index (χ0n) is 14.4. The number of carbonyl (C=O) groups is 1. The fourth-order valence-corrected chi connectivity index (χ4v) is 2.77. The number of guanidine groups is 1. The van der Waals surface area contributed by atoms with E-state index < -0.39 is 0 Å². The zero-order valence-corrected chi connectivity index (χ0v) is 14.4. The molecule has 2 N–H and O–H groups in total. The van der Waals surface area contributed by atoms with Crippen molar-refractivity contribution in [3.05, 3.63) is 18.0 Å². The molecule has 0 aliphatic carbocycles. The largest absolute Gasteiger partial charge is 0.357 e. The molecule has 2 heterocycles. The minimum atomic E-state index is -0.0229. The van der Waals surface area contributed by atoms with Crippen LogP contribution in [0.1, 0.15) is 38.2 Å². The van der Waals surface area contributed by atoms with Gasteiger partial charge in [-0.25, -0.2) is 4.99 Å². The van der Waals surface area contributed by atoms with Crippen LogP contribution in [0.3, 0.4) is 0 Å². The topological polar surface area (TPSA) is 74.6 Å². The van der Waals surface area contributed by atoms with Gasteiger partial charge in [0.2, 0.25) is 5.91 Å². The molecule has 1 saturated heterocycles. The van der Waals surface area contributed by atoms with Crippen LogP contribution >= 0.6 is 0 Å². The summed E-state index contributed by atoms with van der Waals surface area (Å²) in [5, 5.41) is 10.4. The van der Waals surface area contributed by atoms with E-state index >= 15 is 0 Å². The first-order valence-corrected chi connectivity index (χ1v) is 8.42. The van der Waals surface area contributed by atoms with E-state index in [0.717, 1.165) is 38.4 Å². The first kappa shape index (κ1) is 17.3. The Morgan fingerprint density at radius 2 is 2.26 bits per heavy atom. The van der Waals surface area contributed by atoms with E-state index in [1.54, 1.807) is 0 Å². The SMILES string of the molecule is CCCNC(=O)CN=C(NCC)N1CCC(c2cnn(C)c2)C1. The van der Waals surface area contributed by atoms with E-state index in [2.05, 4.69) is 31.8 Å². The summed E-state index contributed by atoms with van der Waals surface area (Å²) in [5.41, 5.74) is 1.27. The van der Waals surface area contributed by atoms with Gasteiger partial charge >= 0.3 is 0 Å². The van der Waals surface area contributed by atoms with E-state index in [1.165, 1.54) is 5.56 Å². The van der Waals surface area contributed by atoms with Crippen LogP contribution in [0.5, 0.6) is 0 Å². The van der Waals surface area contributed by atoms with E-state index in [1.807, 2.05) is 31.8 Å². The molecule has 0 saturated carbocycles. The Hall–Kier alpha value is -2.05. The Balaban J connectivity index is 1.94. The molecule has 7 heteroatoms. The summed E-state index contributed by atoms with van der Waals surface area (Å²) in [5.74, 6) is 1.28. The minimum absolute atomic E-state index is 0.0229. The number of aliphatic imine (C=N–C) groups is 1. The lowest BCUT2D eigenvalue weighted by Crippen LogP contribution is -2.41. The highest BCUT2D eigenvalue weighted by atomic mass is 16.1. The highest BCUT2D eigenvalue weighted by molar-refractivity contribution is 5.85. The van der Waals surface area contributed by atoms with Gasteiger partial charge < -0.3 is 15.5 Å². The molecule has 1 fully saturated rings. The number of nitrogens with one attached hydrogen (secondary N) is 2. The minimum Gasteiger partial charge on any atom is -0.357 e. The second kappa shape index (κ2) is 8.55. The quantitative estimate of drug-likeness (QED) is 0.598. The third-order valence-electron chi connectivity index (χ3n) is 3.96. The van der Waals surface area contributed by atoms with Gasteiger partial charge in [0.15, 0.2) is 5.96 Å². The van der Waals surface area contributed by atoms with E-state index in [9.17, 15) is 4.79 Å².